The van der Waals surface area contributed by atoms with Gasteiger partial charge in [0.1, 0.15) is 6.54 Å². The smallest absolute Gasteiger partial charge is 0.300 e. The molecule has 3 rings (SSSR count). The number of allylic oxidation sites excluding steroid dienone is 3. The van der Waals surface area contributed by atoms with Crippen molar-refractivity contribution in [2.24, 2.45) is 10.9 Å². The van der Waals surface area contributed by atoms with E-state index in [0.717, 1.165) is 9.78 Å². The second kappa shape index (κ2) is 5.64. The van der Waals surface area contributed by atoms with Crippen LogP contribution in [0.3, 0.4) is 0 Å². The number of imide groups is 1. The number of fused-ring (bicyclic) bond motifs is 1. The van der Waals surface area contributed by atoms with Gasteiger partial charge in [-0.1, -0.05) is 18.2 Å². The quantitative estimate of drug-likeness (QED) is 0.915. The summed E-state index contributed by atoms with van der Waals surface area (Å²) in [6.07, 6.45) is 8.34. The fraction of sp³-hybridized carbons (Fsp3) is 0.214. The Morgan fingerprint density at radius 3 is 2.95 bits per heavy atom. The third kappa shape index (κ3) is 2.73. The lowest BCUT2D eigenvalue weighted by Gasteiger charge is -2.27. The number of thiazole rings is 1. The van der Waals surface area contributed by atoms with Gasteiger partial charge >= 0.3 is 6.03 Å². The largest absolute Gasteiger partial charge is 0.351 e. The Morgan fingerprint density at radius 1 is 1.41 bits per heavy atom. The lowest BCUT2D eigenvalue weighted by Crippen LogP contribution is -2.48. The summed E-state index contributed by atoms with van der Waals surface area (Å²) >= 11 is 1.32. The molecular weight excluding hydrogens is 304 g/mol. The number of nitrogens with zero attached hydrogens (tertiary/aromatic N) is 3. The SMILES string of the molecule is Cc1cnc(NC(=O)CN2C(=O)N=C3C=CC=CC3C2=O)s1. The highest BCUT2D eigenvalue weighted by Crippen LogP contribution is 2.20. The number of anilines is 1. The van der Waals surface area contributed by atoms with E-state index in [1.165, 1.54) is 11.3 Å². The number of amides is 4. The molecule has 0 radical (unpaired) electrons. The van der Waals surface area contributed by atoms with Gasteiger partial charge in [0.05, 0.1) is 11.6 Å². The molecule has 0 saturated heterocycles. The molecule has 0 fully saturated rings. The number of aryl methyl sites for hydroxylation is 1. The van der Waals surface area contributed by atoms with Crippen LogP contribution in [0.1, 0.15) is 4.88 Å². The predicted molar refractivity (Wildman–Crippen MR) is 81.8 cm³/mol. The Kier molecular flexibility index (Phi) is 3.68. The van der Waals surface area contributed by atoms with E-state index < -0.39 is 23.8 Å². The van der Waals surface area contributed by atoms with Crippen LogP contribution >= 0.6 is 11.3 Å². The summed E-state index contributed by atoms with van der Waals surface area (Å²) in [4.78, 5) is 45.9. The standard InChI is InChI=1S/C14H12N4O3S/c1-8-6-15-13(22-8)17-11(19)7-18-12(20)9-4-2-3-5-10(9)16-14(18)21/h2-6,9H,7H2,1H3,(H,15,17,19). The van der Waals surface area contributed by atoms with Gasteiger partial charge in [-0.3, -0.25) is 14.5 Å². The van der Waals surface area contributed by atoms with Crippen molar-refractivity contribution in [1.82, 2.24) is 9.88 Å². The molecule has 7 nitrogen and oxygen atoms in total. The minimum atomic E-state index is -0.721. The van der Waals surface area contributed by atoms with E-state index in [4.69, 9.17) is 0 Å². The molecule has 0 spiro atoms. The van der Waals surface area contributed by atoms with Crippen molar-refractivity contribution in [3.63, 3.8) is 0 Å². The average Bonchev–Trinajstić information content (AvgIpc) is 2.88. The van der Waals surface area contributed by atoms with Crippen LogP contribution in [0, 0.1) is 12.8 Å². The van der Waals surface area contributed by atoms with Crippen molar-refractivity contribution in [2.45, 2.75) is 6.92 Å². The zero-order valence-corrected chi connectivity index (χ0v) is 12.5. The average molecular weight is 316 g/mol. The van der Waals surface area contributed by atoms with E-state index in [9.17, 15) is 14.4 Å². The van der Waals surface area contributed by atoms with Crippen LogP contribution in [0.25, 0.3) is 0 Å². The minimum absolute atomic E-state index is 0.374. The van der Waals surface area contributed by atoms with Crippen molar-refractivity contribution < 1.29 is 14.4 Å². The molecule has 1 aromatic rings. The number of hydrogen-bond donors (Lipinski definition) is 1. The number of nitrogens with one attached hydrogen (secondary N) is 1. The molecule has 2 heterocycles. The highest BCUT2D eigenvalue weighted by atomic mass is 32.1. The van der Waals surface area contributed by atoms with E-state index in [-0.39, 0.29) is 6.54 Å². The fourth-order valence-corrected chi connectivity index (χ4v) is 2.82. The molecule has 1 unspecified atom stereocenters. The van der Waals surface area contributed by atoms with Crippen molar-refractivity contribution in [3.8, 4) is 0 Å². The topological polar surface area (TPSA) is 91.7 Å². The zero-order valence-electron chi connectivity index (χ0n) is 11.6. The lowest BCUT2D eigenvalue weighted by molar-refractivity contribution is -0.132. The molecular formula is C14H12N4O3S. The highest BCUT2D eigenvalue weighted by Gasteiger charge is 2.36. The van der Waals surface area contributed by atoms with Gasteiger partial charge in [0.2, 0.25) is 11.8 Å². The maximum atomic E-state index is 12.3. The maximum absolute atomic E-state index is 12.3. The van der Waals surface area contributed by atoms with E-state index in [0.29, 0.717) is 10.8 Å². The molecule has 4 amide bonds. The van der Waals surface area contributed by atoms with Crippen LogP contribution < -0.4 is 5.32 Å². The number of carbonyl (C=O) groups is 3. The summed E-state index contributed by atoms with van der Waals surface area (Å²) in [7, 11) is 0. The second-order valence-corrected chi connectivity index (χ2v) is 6.02. The van der Waals surface area contributed by atoms with Gasteiger partial charge in [0.25, 0.3) is 0 Å². The molecule has 1 aliphatic heterocycles. The lowest BCUT2D eigenvalue weighted by atomic mass is 9.95. The van der Waals surface area contributed by atoms with Gasteiger partial charge in [0, 0.05) is 11.1 Å². The molecule has 1 atom stereocenters. The minimum Gasteiger partial charge on any atom is -0.300 e. The first-order chi connectivity index (χ1) is 10.5. The van der Waals surface area contributed by atoms with Crippen LogP contribution in [0.2, 0.25) is 0 Å². The predicted octanol–water partition coefficient (Wildman–Crippen LogP) is 1.54. The first-order valence-electron chi connectivity index (χ1n) is 6.55. The number of urea groups is 1. The van der Waals surface area contributed by atoms with Crippen molar-refractivity contribution in [1.29, 1.82) is 0 Å². The van der Waals surface area contributed by atoms with E-state index in [2.05, 4.69) is 15.3 Å². The van der Waals surface area contributed by atoms with Crippen molar-refractivity contribution in [2.75, 3.05) is 11.9 Å². The van der Waals surface area contributed by atoms with Crippen molar-refractivity contribution in [3.05, 3.63) is 35.4 Å². The number of carbonyl (C=O) groups excluding carboxylic acids is 3. The molecule has 0 bridgehead atoms. The number of rotatable bonds is 3. The second-order valence-electron chi connectivity index (χ2n) is 4.79. The Hall–Kier alpha value is -2.61. The normalized spacial score (nSPS) is 20.0. The fourth-order valence-electron chi connectivity index (χ4n) is 2.14. The van der Waals surface area contributed by atoms with E-state index >= 15 is 0 Å². The molecule has 1 aromatic heterocycles. The molecule has 1 N–H and O–H groups in total. The Balaban J connectivity index is 1.72. The Labute approximate surface area is 130 Å². The molecule has 112 valence electrons. The van der Waals surface area contributed by atoms with E-state index in [1.54, 1.807) is 30.5 Å². The summed E-state index contributed by atoms with van der Waals surface area (Å²) < 4.78 is 0. The number of aliphatic imine (C=N–C) groups is 1. The summed E-state index contributed by atoms with van der Waals surface area (Å²) in [6, 6.07) is -0.721. The number of hydrogen-bond acceptors (Lipinski definition) is 5. The van der Waals surface area contributed by atoms with Gasteiger partial charge < -0.3 is 5.32 Å². The monoisotopic (exact) mass is 316 g/mol. The van der Waals surface area contributed by atoms with Crippen LogP contribution in [0.4, 0.5) is 9.93 Å². The van der Waals surface area contributed by atoms with Crippen LogP contribution in [0.15, 0.2) is 35.5 Å². The van der Waals surface area contributed by atoms with Crippen molar-refractivity contribution >= 4 is 40.0 Å². The van der Waals surface area contributed by atoms with Gasteiger partial charge in [-0.25, -0.2) is 9.78 Å². The Morgan fingerprint density at radius 2 is 2.23 bits per heavy atom. The molecule has 8 heteroatoms. The molecule has 2 aliphatic rings. The third-order valence-corrected chi connectivity index (χ3v) is 3.99. The first-order valence-corrected chi connectivity index (χ1v) is 7.37. The van der Waals surface area contributed by atoms with Crippen LogP contribution in [-0.4, -0.2) is 40.0 Å². The number of aromatic nitrogens is 1. The maximum Gasteiger partial charge on any atom is 0.351 e. The van der Waals surface area contributed by atoms with Gasteiger partial charge in [-0.15, -0.1) is 11.3 Å². The molecule has 0 saturated carbocycles. The van der Waals surface area contributed by atoms with Gasteiger partial charge in [-0.2, -0.15) is 4.99 Å². The van der Waals surface area contributed by atoms with Crippen LogP contribution in [0.5, 0.6) is 0 Å². The first kappa shape index (κ1) is 14.3. The van der Waals surface area contributed by atoms with Crippen LogP contribution in [-0.2, 0) is 9.59 Å². The molecule has 1 aliphatic carbocycles. The Bertz CT molecular complexity index is 747. The molecule has 22 heavy (non-hydrogen) atoms. The third-order valence-electron chi connectivity index (χ3n) is 3.16. The summed E-state index contributed by atoms with van der Waals surface area (Å²) in [6.45, 7) is 1.49. The van der Waals surface area contributed by atoms with Gasteiger partial charge in [0.15, 0.2) is 5.13 Å². The highest BCUT2D eigenvalue weighted by molar-refractivity contribution is 7.15. The van der Waals surface area contributed by atoms with E-state index in [1.807, 2.05) is 6.92 Å². The zero-order chi connectivity index (χ0) is 15.7. The molecule has 0 aromatic carbocycles. The summed E-state index contributed by atoms with van der Waals surface area (Å²) in [5.74, 6) is -1.52. The summed E-state index contributed by atoms with van der Waals surface area (Å²) in [5, 5.41) is 3.00. The summed E-state index contributed by atoms with van der Waals surface area (Å²) in [5.41, 5.74) is 0.407. The van der Waals surface area contributed by atoms with Gasteiger partial charge in [-0.05, 0) is 13.0 Å².